The molecule has 2 amide bonds. The minimum absolute atomic E-state index is 0.0753. The van der Waals surface area contributed by atoms with E-state index in [-0.39, 0.29) is 11.8 Å². The monoisotopic (exact) mass is 327 g/mol. The van der Waals surface area contributed by atoms with Crippen LogP contribution in [0.3, 0.4) is 0 Å². The van der Waals surface area contributed by atoms with Gasteiger partial charge in [-0.1, -0.05) is 18.2 Å². The molecule has 1 aliphatic rings. The number of carbonyl (C=O) groups is 1. The molecule has 1 aromatic rings. The largest absolute Gasteiger partial charge is 0.338 e. The topological polar surface area (TPSA) is 35.6 Å². The molecule has 0 aromatic heterocycles. The average molecular weight is 327 g/mol. The Balaban J connectivity index is 0.000000287. The maximum absolute atomic E-state index is 11.9. The highest BCUT2D eigenvalue weighted by molar-refractivity contribution is 7.80. The van der Waals surface area contributed by atoms with Gasteiger partial charge < -0.3 is 10.2 Å². The first kappa shape index (κ1) is 18.8. The van der Waals surface area contributed by atoms with Crippen LogP contribution in [0.15, 0.2) is 30.3 Å². The molecular weight excluding hydrogens is 301 g/mol. The molecule has 4 nitrogen and oxygen atoms in total. The smallest absolute Gasteiger partial charge is 0.317 e. The molecule has 1 N–H and O–H groups in total. The maximum atomic E-state index is 11.9. The van der Waals surface area contributed by atoms with Gasteiger partial charge in [-0.15, -0.1) is 0 Å². The Labute approximate surface area is 138 Å². The number of piperazine rings is 1. The third kappa shape index (κ3) is 7.66. The molecule has 0 radical (unpaired) electrons. The fraction of sp³-hybridized carbons (Fsp3) is 0.562. The standard InChI is InChI=1S/C10H21N3OS.C6H5F/c1-2-11-10(14)13-7-5-12(6-8-13)4-3-9-15;7-6-4-2-1-3-5-6/h15H,2-9H2,1H3,(H,11,14);1-5H. The minimum atomic E-state index is -0.178. The van der Waals surface area contributed by atoms with Crippen molar-refractivity contribution in [2.75, 3.05) is 45.0 Å². The molecule has 0 atom stereocenters. The van der Waals surface area contributed by atoms with Crippen molar-refractivity contribution in [1.29, 1.82) is 0 Å². The number of carbonyl (C=O) groups excluding carboxylic acids is 1. The first-order valence-electron chi connectivity index (χ1n) is 7.74. The molecule has 0 aliphatic carbocycles. The Bertz CT molecular complexity index is 411. The molecule has 6 heteroatoms. The highest BCUT2D eigenvalue weighted by Crippen LogP contribution is 2.03. The quantitative estimate of drug-likeness (QED) is 0.834. The molecule has 0 bridgehead atoms. The van der Waals surface area contributed by atoms with E-state index in [4.69, 9.17) is 0 Å². The first-order chi connectivity index (χ1) is 10.7. The van der Waals surface area contributed by atoms with Crippen molar-refractivity contribution in [2.45, 2.75) is 13.3 Å². The Hall–Kier alpha value is -1.27. The van der Waals surface area contributed by atoms with Gasteiger partial charge >= 0.3 is 6.03 Å². The summed E-state index contributed by atoms with van der Waals surface area (Å²) in [6.07, 6.45) is 1.13. The zero-order valence-electron chi connectivity index (χ0n) is 13.2. The number of urea groups is 1. The zero-order chi connectivity index (χ0) is 16.2. The molecule has 1 aromatic carbocycles. The lowest BCUT2D eigenvalue weighted by Crippen LogP contribution is -2.51. The summed E-state index contributed by atoms with van der Waals surface area (Å²) in [4.78, 5) is 15.8. The van der Waals surface area contributed by atoms with Crippen molar-refractivity contribution in [3.63, 3.8) is 0 Å². The van der Waals surface area contributed by atoms with Gasteiger partial charge in [0.05, 0.1) is 0 Å². The summed E-state index contributed by atoms with van der Waals surface area (Å²) < 4.78 is 11.9. The van der Waals surface area contributed by atoms with Crippen LogP contribution in [-0.4, -0.2) is 60.9 Å². The van der Waals surface area contributed by atoms with Crippen molar-refractivity contribution < 1.29 is 9.18 Å². The van der Waals surface area contributed by atoms with E-state index < -0.39 is 0 Å². The predicted octanol–water partition coefficient (Wildman–Crippen LogP) is 2.48. The molecule has 0 saturated carbocycles. The van der Waals surface area contributed by atoms with Crippen LogP contribution < -0.4 is 5.32 Å². The van der Waals surface area contributed by atoms with Crippen LogP contribution in [0, 0.1) is 5.82 Å². The number of hydrogen-bond acceptors (Lipinski definition) is 3. The molecule has 1 fully saturated rings. The van der Waals surface area contributed by atoms with Crippen molar-refractivity contribution in [1.82, 2.24) is 15.1 Å². The van der Waals surface area contributed by atoms with Crippen LogP contribution in [0.1, 0.15) is 13.3 Å². The second kappa shape index (κ2) is 11.3. The van der Waals surface area contributed by atoms with E-state index in [2.05, 4.69) is 22.8 Å². The molecule has 1 aliphatic heterocycles. The van der Waals surface area contributed by atoms with E-state index in [0.29, 0.717) is 6.54 Å². The lowest BCUT2D eigenvalue weighted by molar-refractivity contribution is 0.140. The average Bonchev–Trinajstić information content (AvgIpc) is 2.55. The fourth-order valence-corrected chi connectivity index (χ4v) is 2.29. The third-order valence-corrected chi connectivity index (χ3v) is 3.67. The van der Waals surface area contributed by atoms with E-state index in [9.17, 15) is 9.18 Å². The van der Waals surface area contributed by atoms with Crippen LogP contribution >= 0.6 is 12.6 Å². The van der Waals surface area contributed by atoms with E-state index in [0.717, 1.165) is 44.9 Å². The highest BCUT2D eigenvalue weighted by atomic mass is 32.1. The van der Waals surface area contributed by atoms with Crippen LogP contribution in [0.5, 0.6) is 0 Å². The van der Waals surface area contributed by atoms with Crippen LogP contribution in [-0.2, 0) is 0 Å². The van der Waals surface area contributed by atoms with E-state index in [1.54, 1.807) is 18.2 Å². The van der Waals surface area contributed by atoms with Gasteiger partial charge in [-0.3, -0.25) is 4.90 Å². The lowest BCUT2D eigenvalue weighted by Gasteiger charge is -2.34. The predicted molar refractivity (Wildman–Crippen MR) is 92.0 cm³/mol. The third-order valence-electron chi connectivity index (χ3n) is 3.35. The van der Waals surface area contributed by atoms with Crippen LogP contribution in [0.4, 0.5) is 9.18 Å². The van der Waals surface area contributed by atoms with Gasteiger partial charge in [0.15, 0.2) is 0 Å². The summed E-state index contributed by atoms with van der Waals surface area (Å²) in [5, 5.41) is 2.83. The summed E-state index contributed by atoms with van der Waals surface area (Å²) in [6, 6.07) is 8.01. The summed E-state index contributed by atoms with van der Waals surface area (Å²) in [5.74, 6) is 0.763. The van der Waals surface area contributed by atoms with Gasteiger partial charge in [0.2, 0.25) is 0 Å². The van der Waals surface area contributed by atoms with Gasteiger partial charge in [-0.05, 0) is 37.8 Å². The fourth-order valence-electron chi connectivity index (χ4n) is 2.15. The van der Waals surface area contributed by atoms with E-state index in [1.807, 2.05) is 11.8 Å². The molecule has 1 heterocycles. The number of nitrogens with zero attached hydrogens (tertiary/aromatic N) is 2. The van der Waals surface area contributed by atoms with E-state index >= 15 is 0 Å². The van der Waals surface area contributed by atoms with Crippen molar-refractivity contribution in [3.05, 3.63) is 36.1 Å². The SMILES string of the molecule is CCNC(=O)N1CCN(CCCS)CC1.Fc1ccccc1. The normalized spacial score (nSPS) is 15.0. The number of halogens is 1. The number of benzene rings is 1. The van der Waals surface area contributed by atoms with Crippen LogP contribution in [0.25, 0.3) is 0 Å². The Kier molecular flexibility index (Phi) is 9.66. The first-order valence-corrected chi connectivity index (χ1v) is 8.37. The number of nitrogens with one attached hydrogen (secondary N) is 1. The maximum Gasteiger partial charge on any atom is 0.317 e. The molecule has 0 spiro atoms. The molecule has 0 unspecified atom stereocenters. The van der Waals surface area contributed by atoms with E-state index in [1.165, 1.54) is 12.1 Å². The molecule has 1 saturated heterocycles. The molecule has 22 heavy (non-hydrogen) atoms. The van der Waals surface area contributed by atoms with Gasteiger partial charge in [0.25, 0.3) is 0 Å². The summed E-state index contributed by atoms with van der Waals surface area (Å²) in [6.45, 7) is 7.43. The summed E-state index contributed by atoms with van der Waals surface area (Å²) >= 11 is 4.20. The Morgan fingerprint density at radius 3 is 2.32 bits per heavy atom. The van der Waals surface area contributed by atoms with Gasteiger partial charge in [-0.25, -0.2) is 9.18 Å². The number of thiol groups is 1. The Morgan fingerprint density at radius 1 is 1.23 bits per heavy atom. The number of rotatable bonds is 4. The Morgan fingerprint density at radius 2 is 1.86 bits per heavy atom. The lowest BCUT2D eigenvalue weighted by atomic mass is 10.3. The molecular formula is C16H26FN3OS. The number of amides is 2. The van der Waals surface area contributed by atoms with Crippen molar-refractivity contribution in [3.8, 4) is 0 Å². The van der Waals surface area contributed by atoms with Crippen LogP contribution in [0.2, 0.25) is 0 Å². The zero-order valence-corrected chi connectivity index (χ0v) is 14.1. The van der Waals surface area contributed by atoms with Crippen molar-refractivity contribution in [2.24, 2.45) is 0 Å². The molecule has 124 valence electrons. The number of hydrogen-bond donors (Lipinski definition) is 2. The summed E-state index contributed by atoms with van der Waals surface area (Å²) in [7, 11) is 0. The van der Waals surface area contributed by atoms with Crippen molar-refractivity contribution >= 4 is 18.7 Å². The summed E-state index contributed by atoms with van der Waals surface area (Å²) in [5.41, 5.74) is 0. The molecule has 2 rings (SSSR count). The van der Waals surface area contributed by atoms with Gasteiger partial charge in [0.1, 0.15) is 5.82 Å². The second-order valence-corrected chi connectivity index (χ2v) is 5.48. The highest BCUT2D eigenvalue weighted by Gasteiger charge is 2.19. The van der Waals surface area contributed by atoms with Gasteiger partial charge in [0, 0.05) is 32.7 Å². The second-order valence-electron chi connectivity index (χ2n) is 5.04. The minimum Gasteiger partial charge on any atom is -0.338 e. The van der Waals surface area contributed by atoms with Gasteiger partial charge in [-0.2, -0.15) is 12.6 Å².